The topological polar surface area (TPSA) is 69.9 Å². The van der Waals surface area contributed by atoms with E-state index in [2.05, 4.69) is 41.5 Å². The smallest absolute Gasteiger partial charge is 0.0865 e. The summed E-state index contributed by atoms with van der Waals surface area (Å²) in [6.45, 7) is 18.1. The first-order chi connectivity index (χ1) is 15.5. The standard InChI is InChI=1S/C30H52O4/c1-25(2)20-10-15-28(6)21(27(20,5)13-11-22(25)32)17-19(31)24-18(9-14-29(24,28)7)30(8)16-12-23(34-30)26(3,4)33/h18-24,31-33H,9-17H2,1-8H3/t18-,19+,20-,21+,22+,23+,24-,27-,28+,29+,30+/m0/s1. The predicted molar refractivity (Wildman–Crippen MR) is 135 cm³/mol. The van der Waals surface area contributed by atoms with E-state index in [9.17, 15) is 15.3 Å². The summed E-state index contributed by atoms with van der Waals surface area (Å²) >= 11 is 0. The van der Waals surface area contributed by atoms with Crippen LogP contribution in [0.4, 0.5) is 0 Å². The fourth-order valence-corrected chi connectivity index (χ4v) is 11.1. The summed E-state index contributed by atoms with van der Waals surface area (Å²) in [5.74, 6) is 1.59. The number of ether oxygens (including phenoxy) is 1. The molecule has 0 aromatic carbocycles. The van der Waals surface area contributed by atoms with Gasteiger partial charge in [-0.05, 0) is 124 Å². The van der Waals surface area contributed by atoms with Crippen LogP contribution < -0.4 is 0 Å². The minimum atomic E-state index is -0.826. The van der Waals surface area contributed by atoms with Crippen LogP contribution in [0, 0.1) is 45.3 Å². The van der Waals surface area contributed by atoms with Crippen molar-refractivity contribution in [3.8, 4) is 0 Å². The average molecular weight is 477 g/mol. The molecule has 0 aromatic heterocycles. The maximum absolute atomic E-state index is 11.9. The van der Waals surface area contributed by atoms with Gasteiger partial charge in [-0.25, -0.2) is 0 Å². The normalized spacial score (nSPS) is 57.1. The molecule has 5 rings (SSSR count). The van der Waals surface area contributed by atoms with Gasteiger partial charge in [0.1, 0.15) is 0 Å². The summed E-state index contributed by atoms with van der Waals surface area (Å²) in [6.07, 6.45) is 8.72. The van der Waals surface area contributed by atoms with Gasteiger partial charge in [0.15, 0.2) is 0 Å². The lowest BCUT2D eigenvalue weighted by atomic mass is 9.35. The van der Waals surface area contributed by atoms with Gasteiger partial charge in [0.05, 0.1) is 29.5 Å². The minimum absolute atomic E-state index is 0.0630. The van der Waals surface area contributed by atoms with Crippen molar-refractivity contribution in [3.63, 3.8) is 0 Å². The van der Waals surface area contributed by atoms with E-state index < -0.39 is 5.60 Å². The Kier molecular flexibility index (Phi) is 5.59. The molecule has 34 heavy (non-hydrogen) atoms. The maximum Gasteiger partial charge on any atom is 0.0865 e. The van der Waals surface area contributed by atoms with Gasteiger partial charge >= 0.3 is 0 Å². The lowest BCUT2D eigenvalue weighted by Gasteiger charge is -2.70. The molecule has 0 unspecified atom stereocenters. The van der Waals surface area contributed by atoms with Crippen molar-refractivity contribution in [1.82, 2.24) is 0 Å². The molecule has 196 valence electrons. The van der Waals surface area contributed by atoms with Crippen molar-refractivity contribution in [3.05, 3.63) is 0 Å². The zero-order chi connectivity index (χ0) is 25.1. The van der Waals surface area contributed by atoms with Crippen molar-refractivity contribution in [2.24, 2.45) is 45.3 Å². The van der Waals surface area contributed by atoms with E-state index in [1.54, 1.807) is 0 Å². The third kappa shape index (κ3) is 3.16. The molecule has 1 aliphatic heterocycles. The third-order valence-electron chi connectivity index (χ3n) is 13.3. The zero-order valence-electron chi connectivity index (χ0n) is 23.2. The van der Waals surface area contributed by atoms with E-state index >= 15 is 0 Å². The van der Waals surface area contributed by atoms with Gasteiger partial charge in [-0.3, -0.25) is 0 Å². The Balaban J connectivity index is 1.48. The summed E-state index contributed by atoms with van der Waals surface area (Å²) in [7, 11) is 0. The molecule has 0 radical (unpaired) electrons. The van der Waals surface area contributed by atoms with E-state index in [-0.39, 0.29) is 51.5 Å². The Labute approximate surface area is 208 Å². The van der Waals surface area contributed by atoms with Crippen molar-refractivity contribution < 1.29 is 20.1 Å². The van der Waals surface area contributed by atoms with E-state index in [1.165, 1.54) is 12.8 Å². The predicted octanol–water partition coefficient (Wildman–Crippen LogP) is 5.71. The van der Waals surface area contributed by atoms with Gasteiger partial charge in [-0.15, -0.1) is 0 Å². The van der Waals surface area contributed by atoms with E-state index in [0.29, 0.717) is 17.8 Å². The van der Waals surface area contributed by atoms with Gasteiger partial charge in [-0.2, -0.15) is 0 Å². The van der Waals surface area contributed by atoms with Gasteiger partial charge in [0.25, 0.3) is 0 Å². The second-order valence-corrected chi connectivity index (χ2v) is 15.4. The summed E-state index contributed by atoms with van der Waals surface area (Å²) < 4.78 is 6.66. The molecule has 3 N–H and O–H groups in total. The fraction of sp³-hybridized carbons (Fsp3) is 1.00. The van der Waals surface area contributed by atoms with Crippen LogP contribution in [0.1, 0.15) is 113 Å². The molecule has 5 fully saturated rings. The highest BCUT2D eigenvalue weighted by atomic mass is 16.5. The SMILES string of the molecule is CC(C)(O)[C@H]1CC[C@](C)([C@H]2CC[C@]3(C)[C@@H]2[C@H](O)C[C@@H]2[C@@]4(C)CC[C@@H](O)C(C)(C)[C@@H]4CC[C@]23C)O1. The zero-order valence-corrected chi connectivity index (χ0v) is 23.2. The number of rotatable bonds is 2. The molecule has 0 spiro atoms. The largest absolute Gasteiger partial charge is 0.393 e. The van der Waals surface area contributed by atoms with Crippen LogP contribution in [0.3, 0.4) is 0 Å². The quantitative estimate of drug-likeness (QED) is 0.477. The molecule has 1 saturated heterocycles. The Morgan fingerprint density at radius 2 is 1.41 bits per heavy atom. The van der Waals surface area contributed by atoms with E-state index in [1.807, 2.05) is 13.8 Å². The first kappa shape index (κ1) is 25.5. The molecule has 0 amide bonds. The van der Waals surface area contributed by atoms with Crippen LogP contribution in [0.15, 0.2) is 0 Å². The molecule has 4 heteroatoms. The first-order valence-corrected chi connectivity index (χ1v) is 14.3. The van der Waals surface area contributed by atoms with Crippen LogP contribution in [0.25, 0.3) is 0 Å². The number of hydrogen-bond donors (Lipinski definition) is 3. The molecule has 1 heterocycles. The van der Waals surface area contributed by atoms with E-state index in [0.717, 1.165) is 44.9 Å². The molecule has 0 aromatic rings. The number of aliphatic hydroxyl groups excluding tert-OH is 2. The Morgan fingerprint density at radius 1 is 0.765 bits per heavy atom. The first-order valence-electron chi connectivity index (χ1n) is 14.3. The van der Waals surface area contributed by atoms with Gasteiger partial charge in [-0.1, -0.05) is 34.6 Å². The molecule has 4 saturated carbocycles. The Hall–Kier alpha value is -0.160. The Morgan fingerprint density at radius 3 is 2.03 bits per heavy atom. The second-order valence-electron chi connectivity index (χ2n) is 15.4. The molecule has 4 nitrogen and oxygen atoms in total. The minimum Gasteiger partial charge on any atom is -0.393 e. The molecule has 4 aliphatic carbocycles. The van der Waals surface area contributed by atoms with Gasteiger partial charge < -0.3 is 20.1 Å². The van der Waals surface area contributed by atoms with Crippen molar-refractivity contribution in [1.29, 1.82) is 0 Å². The lowest BCUT2D eigenvalue weighted by Crippen LogP contribution is -2.66. The average Bonchev–Trinajstić information content (AvgIpc) is 3.30. The van der Waals surface area contributed by atoms with Crippen molar-refractivity contribution in [2.45, 2.75) is 143 Å². The number of aliphatic hydroxyl groups is 3. The lowest BCUT2D eigenvalue weighted by molar-refractivity contribution is -0.248. The fourth-order valence-electron chi connectivity index (χ4n) is 11.1. The monoisotopic (exact) mass is 476 g/mol. The highest BCUT2D eigenvalue weighted by Crippen LogP contribution is 2.76. The van der Waals surface area contributed by atoms with Crippen LogP contribution >= 0.6 is 0 Å². The molecular formula is C30H52O4. The van der Waals surface area contributed by atoms with Gasteiger partial charge in [0, 0.05) is 0 Å². The molecule has 5 aliphatic rings. The van der Waals surface area contributed by atoms with Crippen LogP contribution in [-0.2, 0) is 4.74 Å². The molecule has 0 bridgehead atoms. The highest BCUT2D eigenvalue weighted by Gasteiger charge is 2.71. The van der Waals surface area contributed by atoms with Crippen LogP contribution in [-0.4, -0.2) is 44.8 Å². The third-order valence-corrected chi connectivity index (χ3v) is 13.3. The summed E-state index contributed by atoms with van der Waals surface area (Å²) in [5.41, 5.74) is -0.703. The summed E-state index contributed by atoms with van der Waals surface area (Å²) in [4.78, 5) is 0. The van der Waals surface area contributed by atoms with Gasteiger partial charge in [0.2, 0.25) is 0 Å². The van der Waals surface area contributed by atoms with Crippen LogP contribution in [0.2, 0.25) is 0 Å². The Bertz CT molecular complexity index is 817. The molecular weight excluding hydrogens is 424 g/mol. The highest BCUT2D eigenvalue weighted by molar-refractivity contribution is 5.20. The second kappa shape index (κ2) is 7.45. The van der Waals surface area contributed by atoms with E-state index in [4.69, 9.17) is 4.74 Å². The number of hydrogen-bond acceptors (Lipinski definition) is 4. The van der Waals surface area contributed by atoms with Crippen molar-refractivity contribution in [2.75, 3.05) is 0 Å². The summed E-state index contributed by atoms with van der Waals surface area (Å²) in [6, 6.07) is 0. The van der Waals surface area contributed by atoms with Crippen LogP contribution in [0.5, 0.6) is 0 Å². The maximum atomic E-state index is 11.9. The summed E-state index contributed by atoms with van der Waals surface area (Å²) in [5, 5.41) is 33.4. The molecule has 11 atom stereocenters. The number of fused-ring (bicyclic) bond motifs is 5. The van der Waals surface area contributed by atoms with Crippen molar-refractivity contribution >= 4 is 0 Å².